The molecular formula is C53H32N2O. The van der Waals surface area contributed by atoms with E-state index in [9.17, 15) is 0 Å². The topological polar surface area (TPSA) is 38.9 Å². The van der Waals surface area contributed by atoms with Gasteiger partial charge in [0.15, 0.2) is 5.82 Å². The molecule has 0 radical (unpaired) electrons. The van der Waals surface area contributed by atoms with Gasteiger partial charge in [-0.3, -0.25) is 0 Å². The molecule has 0 fully saturated rings. The van der Waals surface area contributed by atoms with Gasteiger partial charge < -0.3 is 4.42 Å². The van der Waals surface area contributed by atoms with Gasteiger partial charge in [-0.25, -0.2) is 9.97 Å². The molecular weight excluding hydrogens is 681 g/mol. The van der Waals surface area contributed by atoms with Crippen LogP contribution in [0, 0.1) is 0 Å². The standard InChI is InChI=1S/C53H32N2O/c1-2-14-33(15-3-1)52-54-48(34-27-29-51-43(30-34)42-21-9-13-25-50(42)56-51)32-49(55-52)35-26-28-41-40-20-8-12-24-46(40)53(47(41)31-35)44-22-10-6-18-38(44)36-16-4-5-17-37(36)39-19-7-11-23-45(39)53/h1-32H. The number of hydrogen-bond donors (Lipinski definition) is 0. The van der Waals surface area contributed by atoms with E-state index in [1.165, 1.54) is 55.6 Å². The predicted octanol–water partition coefficient (Wildman–Crippen LogP) is 13.4. The smallest absolute Gasteiger partial charge is 0.160 e. The molecule has 10 aromatic rings. The summed E-state index contributed by atoms with van der Waals surface area (Å²) in [5.74, 6) is 0.689. The lowest BCUT2D eigenvalue weighted by atomic mass is 9.65. The quantitative estimate of drug-likeness (QED) is 0.183. The van der Waals surface area contributed by atoms with Crippen LogP contribution in [0.1, 0.15) is 22.3 Å². The molecule has 2 aliphatic carbocycles. The molecule has 0 saturated carbocycles. The Morgan fingerprint density at radius 3 is 1.46 bits per heavy atom. The number of aromatic nitrogens is 2. The molecule has 0 bridgehead atoms. The van der Waals surface area contributed by atoms with Gasteiger partial charge >= 0.3 is 0 Å². The van der Waals surface area contributed by atoms with Gasteiger partial charge in [0.2, 0.25) is 0 Å². The van der Waals surface area contributed by atoms with E-state index in [1.807, 2.05) is 30.3 Å². The van der Waals surface area contributed by atoms with Crippen molar-refractivity contribution in [1.82, 2.24) is 9.97 Å². The maximum atomic E-state index is 6.20. The Bertz CT molecular complexity index is 3140. The van der Waals surface area contributed by atoms with Crippen LogP contribution in [0.4, 0.5) is 0 Å². The van der Waals surface area contributed by atoms with Crippen LogP contribution in [-0.4, -0.2) is 9.97 Å². The first-order valence-electron chi connectivity index (χ1n) is 19.2. The summed E-state index contributed by atoms with van der Waals surface area (Å²) < 4.78 is 6.20. The zero-order valence-corrected chi connectivity index (χ0v) is 30.3. The molecule has 2 aromatic heterocycles. The normalized spacial score (nSPS) is 13.1. The van der Waals surface area contributed by atoms with Crippen molar-refractivity contribution in [1.29, 1.82) is 0 Å². The fourth-order valence-corrected chi connectivity index (χ4v) is 9.55. The van der Waals surface area contributed by atoms with Crippen molar-refractivity contribution in [3.63, 3.8) is 0 Å². The number of furan rings is 1. The van der Waals surface area contributed by atoms with Gasteiger partial charge in [-0.05, 0) is 92.0 Å². The van der Waals surface area contributed by atoms with Gasteiger partial charge in [-0.15, -0.1) is 0 Å². The van der Waals surface area contributed by atoms with E-state index in [-0.39, 0.29) is 0 Å². The van der Waals surface area contributed by atoms with Crippen LogP contribution in [0.3, 0.4) is 0 Å². The fourth-order valence-electron chi connectivity index (χ4n) is 9.55. The Morgan fingerprint density at radius 1 is 0.321 bits per heavy atom. The molecule has 0 saturated heterocycles. The molecule has 8 aromatic carbocycles. The van der Waals surface area contributed by atoms with E-state index in [0.29, 0.717) is 5.82 Å². The van der Waals surface area contributed by atoms with Crippen LogP contribution in [0.5, 0.6) is 0 Å². The van der Waals surface area contributed by atoms with E-state index < -0.39 is 5.41 Å². The van der Waals surface area contributed by atoms with Gasteiger partial charge in [0, 0.05) is 27.5 Å². The van der Waals surface area contributed by atoms with Crippen LogP contribution in [0.25, 0.3) is 89.2 Å². The van der Waals surface area contributed by atoms with Gasteiger partial charge in [0.25, 0.3) is 0 Å². The third-order valence-electron chi connectivity index (χ3n) is 11.9. The van der Waals surface area contributed by atoms with Crippen molar-refractivity contribution in [2.45, 2.75) is 5.41 Å². The minimum atomic E-state index is -0.570. The Labute approximate surface area is 324 Å². The molecule has 2 aliphatic rings. The minimum Gasteiger partial charge on any atom is -0.456 e. The number of fused-ring (bicyclic) bond motifs is 15. The predicted molar refractivity (Wildman–Crippen MR) is 227 cm³/mol. The van der Waals surface area contributed by atoms with E-state index in [1.54, 1.807) is 0 Å². The highest BCUT2D eigenvalue weighted by Gasteiger charge is 2.49. The van der Waals surface area contributed by atoms with Crippen molar-refractivity contribution < 1.29 is 4.42 Å². The summed E-state index contributed by atoms with van der Waals surface area (Å²) in [6.45, 7) is 0. The Morgan fingerprint density at radius 2 is 0.804 bits per heavy atom. The van der Waals surface area contributed by atoms with Crippen molar-refractivity contribution in [2.75, 3.05) is 0 Å². The molecule has 12 rings (SSSR count). The number of nitrogens with zero attached hydrogens (tertiary/aromatic N) is 2. The minimum absolute atomic E-state index is 0.570. The second-order valence-corrected chi connectivity index (χ2v) is 14.8. The maximum Gasteiger partial charge on any atom is 0.160 e. The first kappa shape index (κ1) is 31.0. The van der Waals surface area contributed by atoms with E-state index in [2.05, 4.69) is 164 Å². The highest BCUT2D eigenvalue weighted by molar-refractivity contribution is 6.06. The molecule has 0 amide bonds. The molecule has 1 spiro atoms. The number of benzene rings is 8. The number of rotatable bonds is 3. The summed E-state index contributed by atoms with van der Waals surface area (Å²) in [6, 6.07) is 69.9. The fraction of sp³-hybridized carbons (Fsp3) is 0.0189. The lowest BCUT2D eigenvalue weighted by Gasteiger charge is -2.35. The highest BCUT2D eigenvalue weighted by Crippen LogP contribution is 2.61. The molecule has 0 atom stereocenters. The molecule has 0 N–H and O–H groups in total. The molecule has 3 heteroatoms. The molecule has 2 heterocycles. The average Bonchev–Trinajstić information content (AvgIpc) is 3.76. The zero-order chi connectivity index (χ0) is 36.8. The average molecular weight is 713 g/mol. The Hall–Kier alpha value is -7.36. The second-order valence-electron chi connectivity index (χ2n) is 14.8. The van der Waals surface area contributed by atoms with E-state index in [4.69, 9.17) is 14.4 Å². The molecule has 56 heavy (non-hydrogen) atoms. The maximum absolute atomic E-state index is 6.20. The number of hydrogen-bond acceptors (Lipinski definition) is 3. The summed E-state index contributed by atoms with van der Waals surface area (Å²) in [5, 5.41) is 2.17. The largest absolute Gasteiger partial charge is 0.456 e. The van der Waals surface area contributed by atoms with Crippen LogP contribution in [0.2, 0.25) is 0 Å². The lowest BCUT2D eigenvalue weighted by Crippen LogP contribution is -2.29. The summed E-state index contributed by atoms with van der Waals surface area (Å²) >= 11 is 0. The zero-order valence-electron chi connectivity index (χ0n) is 30.3. The SMILES string of the molecule is c1ccc(-c2nc(-c3ccc4c(c3)C3(c5ccccc5-c5ccccc5-c5ccccc53)c3ccccc3-4)cc(-c3ccc4oc5ccccc5c4c3)n2)cc1. The van der Waals surface area contributed by atoms with Gasteiger partial charge in [0.1, 0.15) is 11.2 Å². The Kier molecular flexibility index (Phi) is 6.55. The molecule has 260 valence electrons. The highest BCUT2D eigenvalue weighted by atomic mass is 16.3. The summed E-state index contributed by atoms with van der Waals surface area (Å²) in [7, 11) is 0. The van der Waals surface area contributed by atoms with Gasteiger partial charge in [0.05, 0.1) is 16.8 Å². The van der Waals surface area contributed by atoms with Crippen LogP contribution < -0.4 is 0 Å². The van der Waals surface area contributed by atoms with Gasteiger partial charge in [-0.1, -0.05) is 158 Å². The van der Waals surface area contributed by atoms with Gasteiger partial charge in [-0.2, -0.15) is 0 Å². The second kappa shape index (κ2) is 11.8. The first-order valence-corrected chi connectivity index (χ1v) is 19.2. The molecule has 0 unspecified atom stereocenters. The third-order valence-corrected chi connectivity index (χ3v) is 11.9. The van der Waals surface area contributed by atoms with Crippen LogP contribution in [0.15, 0.2) is 199 Å². The van der Waals surface area contributed by atoms with Crippen molar-refractivity contribution in [3.05, 3.63) is 216 Å². The van der Waals surface area contributed by atoms with Crippen molar-refractivity contribution in [3.8, 4) is 67.3 Å². The molecule has 3 nitrogen and oxygen atoms in total. The lowest BCUT2D eigenvalue weighted by molar-refractivity contribution is 0.669. The van der Waals surface area contributed by atoms with Crippen LogP contribution >= 0.6 is 0 Å². The number of para-hydroxylation sites is 1. The summed E-state index contributed by atoms with van der Waals surface area (Å²) in [5.41, 5.74) is 18.6. The monoisotopic (exact) mass is 712 g/mol. The van der Waals surface area contributed by atoms with Crippen molar-refractivity contribution >= 4 is 21.9 Å². The molecule has 0 aliphatic heterocycles. The first-order chi connectivity index (χ1) is 27.8. The van der Waals surface area contributed by atoms with E-state index in [0.717, 1.165) is 50.0 Å². The van der Waals surface area contributed by atoms with Crippen molar-refractivity contribution in [2.24, 2.45) is 0 Å². The van der Waals surface area contributed by atoms with E-state index >= 15 is 0 Å². The van der Waals surface area contributed by atoms with Crippen LogP contribution in [-0.2, 0) is 5.41 Å². The summed E-state index contributed by atoms with van der Waals surface area (Å²) in [4.78, 5) is 10.5. The summed E-state index contributed by atoms with van der Waals surface area (Å²) in [6.07, 6.45) is 0. The third kappa shape index (κ3) is 4.34. The Balaban J connectivity index is 1.13.